The van der Waals surface area contributed by atoms with E-state index in [1.54, 1.807) is 54.5 Å². The van der Waals surface area contributed by atoms with Crippen LogP contribution in [-0.2, 0) is 10.4 Å². The molecule has 1 heterocycles. The number of rotatable bonds is 6. The van der Waals surface area contributed by atoms with Crippen LogP contribution in [0, 0.1) is 0 Å². The van der Waals surface area contributed by atoms with Crippen LogP contribution < -0.4 is 9.64 Å². The zero-order chi connectivity index (χ0) is 18.0. The lowest BCUT2D eigenvalue weighted by Gasteiger charge is -2.22. The molecule has 3 rings (SSSR count). The van der Waals surface area contributed by atoms with E-state index in [1.807, 2.05) is 13.0 Å². The third-order valence-corrected chi connectivity index (χ3v) is 4.51. The lowest BCUT2D eigenvalue weighted by molar-refractivity contribution is -0.135. The average Bonchev–Trinajstić information content (AvgIpc) is 2.84. The fraction of sp³-hybridized carbons (Fsp3) is 0.300. The molecule has 0 bridgehead atoms. The number of anilines is 1. The van der Waals surface area contributed by atoms with E-state index < -0.39 is 11.5 Å². The maximum Gasteiger partial charge on any atom is 0.264 e. The lowest BCUT2D eigenvalue weighted by Crippen LogP contribution is -2.42. The largest absolute Gasteiger partial charge is 0.497 e. The molecule has 1 unspecified atom stereocenters. The van der Waals surface area contributed by atoms with Crippen molar-refractivity contribution in [1.82, 2.24) is 0 Å². The third kappa shape index (κ3) is 2.91. The van der Waals surface area contributed by atoms with Crippen molar-refractivity contribution >= 4 is 17.4 Å². The summed E-state index contributed by atoms with van der Waals surface area (Å²) < 4.78 is 5.09. The minimum absolute atomic E-state index is 0.282. The summed E-state index contributed by atoms with van der Waals surface area (Å²) in [6.45, 7) is 2.48. The Balaban J connectivity index is 1.92. The first-order chi connectivity index (χ1) is 12.0. The monoisotopic (exact) mass is 339 g/mol. The summed E-state index contributed by atoms with van der Waals surface area (Å²) in [6, 6.07) is 13.8. The number of ketones is 1. The quantitative estimate of drug-likeness (QED) is 0.822. The van der Waals surface area contributed by atoms with Crippen molar-refractivity contribution in [3.8, 4) is 5.75 Å². The number of methoxy groups -OCH3 is 1. The predicted molar refractivity (Wildman–Crippen MR) is 94.9 cm³/mol. The molecule has 130 valence electrons. The topological polar surface area (TPSA) is 66.8 Å². The Bertz CT molecular complexity index is 800. The smallest absolute Gasteiger partial charge is 0.264 e. The van der Waals surface area contributed by atoms with Crippen molar-refractivity contribution in [3.05, 3.63) is 59.7 Å². The van der Waals surface area contributed by atoms with E-state index in [0.29, 0.717) is 29.1 Å². The molecule has 0 radical (unpaired) electrons. The first-order valence-corrected chi connectivity index (χ1v) is 8.32. The highest BCUT2D eigenvalue weighted by molar-refractivity contribution is 6.10. The maximum atomic E-state index is 12.8. The molecule has 1 aliphatic heterocycles. The second-order valence-corrected chi connectivity index (χ2v) is 6.16. The van der Waals surface area contributed by atoms with E-state index >= 15 is 0 Å². The Kier molecular flexibility index (Phi) is 4.59. The molecule has 1 N–H and O–H groups in total. The molecule has 25 heavy (non-hydrogen) atoms. The molecule has 5 nitrogen and oxygen atoms in total. The molecule has 2 aromatic rings. The fourth-order valence-corrected chi connectivity index (χ4v) is 3.23. The molecule has 1 amide bonds. The van der Waals surface area contributed by atoms with Gasteiger partial charge in [0.15, 0.2) is 11.4 Å². The van der Waals surface area contributed by atoms with Crippen LogP contribution in [0.3, 0.4) is 0 Å². The number of para-hydroxylation sites is 1. The molecule has 0 fully saturated rings. The highest BCUT2D eigenvalue weighted by Crippen LogP contribution is 2.42. The highest BCUT2D eigenvalue weighted by atomic mass is 16.5. The summed E-state index contributed by atoms with van der Waals surface area (Å²) in [5.41, 5.74) is -0.203. The Morgan fingerprint density at radius 3 is 2.48 bits per heavy atom. The molecule has 1 aliphatic rings. The van der Waals surface area contributed by atoms with E-state index in [-0.39, 0.29) is 12.2 Å². The van der Waals surface area contributed by atoms with Gasteiger partial charge in [0.1, 0.15) is 5.75 Å². The van der Waals surface area contributed by atoms with Crippen LogP contribution in [0.1, 0.15) is 35.7 Å². The van der Waals surface area contributed by atoms with Crippen LogP contribution in [0.25, 0.3) is 0 Å². The van der Waals surface area contributed by atoms with Crippen molar-refractivity contribution in [3.63, 3.8) is 0 Å². The van der Waals surface area contributed by atoms with Gasteiger partial charge in [-0.15, -0.1) is 0 Å². The summed E-state index contributed by atoms with van der Waals surface area (Å²) in [5.74, 6) is -0.0734. The molecule has 2 aromatic carbocycles. The van der Waals surface area contributed by atoms with Gasteiger partial charge in [0.25, 0.3) is 5.91 Å². The molecule has 0 aromatic heterocycles. The van der Waals surface area contributed by atoms with Gasteiger partial charge in [0.05, 0.1) is 19.2 Å². The predicted octanol–water partition coefficient (Wildman–Crippen LogP) is 2.91. The van der Waals surface area contributed by atoms with Crippen molar-refractivity contribution < 1.29 is 19.4 Å². The number of hydrogen-bond acceptors (Lipinski definition) is 4. The zero-order valence-corrected chi connectivity index (χ0v) is 14.4. The summed E-state index contributed by atoms with van der Waals surface area (Å²) in [7, 11) is 1.55. The molecule has 0 saturated heterocycles. The van der Waals surface area contributed by atoms with Gasteiger partial charge in [-0.25, -0.2) is 0 Å². The molecule has 0 aliphatic carbocycles. The van der Waals surface area contributed by atoms with Crippen LogP contribution in [0.5, 0.6) is 5.75 Å². The summed E-state index contributed by atoms with van der Waals surface area (Å²) in [6.07, 6.45) is 0.484. The van der Waals surface area contributed by atoms with Crippen LogP contribution in [0.15, 0.2) is 48.5 Å². The minimum atomic E-state index is -1.82. The van der Waals surface area contributed by atoms with E-state index in [9.17, 15) is 14.7 Å². The zero-order valence-electron chi connectivity index (χ0n) is 14.4. The third-order valence-electron chi connectivity index (χ3n) is 4.51. The summed E-state index contributed by atoms with van der Waals surface area (Å²) >= 11 is 0. The Hall–Kier alpha value is -2.66. The first-order valence-electron chi connectivity index (χ1n) is 8.32. The van der Waals surface area contributed by atoms with E-state index in [1.165, 1.54) is 0 Å². The van der Waals surface area contributed by atoms with Crippen LogP contribution in [0.4, 0.5) is 5.69 Å². The Morgan fingerprint density at radius 2 is 1.84 bits per heavy atom. The number of ether oxygens (including phenoxy) is 1. The van der Waals surface area contributed by atoms with Crippen LogP contribution >= 0.6 is 0 Å². The van der Waals surface area contributed by atoms with E-state index in [0.717, 1.165) is 6.42 Å². The number of nitrogens with zero attached hydrogens (tertiary/aromatic N) is 1. The van der Waals surface area contributed by atoms with Gasteiger partial charge >= 0.3 is 0 Å². The number of amides is 1. The summed E-state index contributed by atoms with van der Waals surface area (Å²) in [4.78, 5) is 27.1. The van der Waals surface area contributed by atoms with Gasteiger partial charge in [-0.2, -0.15) is 0 Å². The van der Waals surface area contributed by atoms with Crippen molar-refractivity contribution in [2.24, 2.45) is 0 Å². The standard InChI is InChI=1S/C20H21NO4/c1-3-12-21-17-7-5-4-6-16(17)20(24,19(21)23)13-18(22)14-8-10-15(25-2)11-9-14/h4-11,24H,3,12-13H2,1-2H3. The van der Waals surface area contributed by atoms with E-state index in [2.05, 4.69) is 0 Å². The minimum Gasteiger partial charge on any atom is -0.497 e. The van der Waals surface area contributed by atoms with Gasteiger partial charge in [-0.3, -0.25) is 9.59 Å². The second-order valence-electron chi connectivity index (χ2n) is 6.16. The molecule has 5 heteroatoms. The molecular weight excluding hydrogens is 318 g/mol. The van der Waals surface area contributed by atoms with Crippen molar-refractivity contribution in [2.75, 3.05) is 18.6 Å². The number of fused-ring (bicyclic) bond motifs is 1. The fourth-order valence-electron chi connectivity index (χ4n) is 3.23. The second kappa shape index (κ2) is 6.69. The average molecular weight is 339 g/mol. The van der Waals surface area contributed by atoms with Crippen LogP contribution in [0.2, 0.25) is 0 Å². The number of carbonyl (C=O) groups is 2. The Morgan fingerprint density at radius 1 is 1.16 bits per heavy atom. The van der Waals surface area contributed by atoms with E-state index in [4.69, 9.17) is 4.74 Å². The molecule has 1 atom stereocenters. The number of carbonyl (C=O) groups excluding carboxylic acids is 2. The number of Topliss-reactive ketones (excluding diaryl/α,β-unsaturated/α-hetero) is 1. The van der Waals surface area contributed by atoms with Gasteiger partial charge in [0.2, 0.25) is 0 Å². The van der Waals surface area contributed by atoms with Gasteiger partial charge in [0, 0.05) is 17.7 Å². The van der Waals surface area contributed by atoms with Crippen molar-refractivity contribution in [2.45, 2.75) is 25.4 Å². The lowest BCUT2D eigenvalue weighted by atomic mass is 9.88. The van der Waals surface area contributed by atoms with Gasteiger partial charge < -0.3 is 14.7 Å². The molecule has 0 spiro atoms. The van der Waals surface area contributed by atoms with Gasteiger partial charge in [-0.1, -0.05) is 25.1 Å². The summed E-state index contributed by atoms with van der Waals surface area (Å²) in [5, 5.41) is 11.1. The highest BCUT2D eigenvalue weighted by Gasteiger charge is 2.50. The van der Waals surface area contributed by atoms with Crippen LogP contribution in [-0.4, -0.2) is 30.5 Å². The number of hydrogen-bond donors (Lipinski definition) is 1. The molecule has 0 saturated carbocycles. The number of aliphatic hydroxyl groups is 1. The normalized spacial score (nSPS) is 19.0. The Labute approximate surface area is 146 Å². The molecular formula is C20H21NO4. The van der Waals surface area contributed by atoms with Gasteiger partial charge in [-0.05, 0) is 36.8 Å². The SMILES string of the molecule is CCCN1C(=O)C(O)(CC(=O)c2ccc(OC)cc2)c2ccccc21. The maximum absolute atomic E-state index is 12.8. The first kappa shape index (κ1) is 17.2. The van der Waals surface area contributed by atoms with Crippen molar-refractivity contribution in [1.29, 1.82) is 0 Å². The number of benzene rings is 2.